The minimum atomic E-state index is -0.631. The van der Waals surface area contributed by atoms with E-state index >= 15 is 0 Å². The van der Waals surface area contributed by atoms with Crippen molar-refractivity contribution < 1.29 is 28.5 Å². The zero-order valence-electron chi connectivity index (χ0n) is 13.2. The lowest BCUT2D eigenvalue weighted by atomic mass is 10.4. The Labute approximate surface area is 120 Å². The van der Waals surface area contributed by atoms with Gasteiger partial charge in [0.25, 0.3) is 0 Å². The summed E-state index contributed by atoms with van der Waals surface area (Å²) < 4.78 is 20.4. The molecule has 20 heavy (non-hydrogen) atoms. The third kappa shape index (κ3) is 8.87. The Hall–Kier alpha value is -1.14. The molecule has 6 heteroatoms. The molecule has 118 valence electrons. The number of hydrogen-bond donors (Lipinski definition) is 0. The minimum Gasteiger partial charge on any atom is -0.460 e. The Balaban J connectivity index is 3.80. The van der Waals surface area contributed by atoms with Crippen LogP contribution in [0, 0.1) is 0 Å². The van der Waals surface area contributed by atoms with Crippen LogP contribution in [-0.4, -0.2) is 49.6 Å². The highest BCUT2D eigenvalue weighted by Crippen LogP contribution is 2.01. The Kier molecular flexibility index (Phi) is 9.16. The van der Waals surface area contributed by atoms with Gasteiger partial charge in [-0.15, -0.1) is 0 Å². The number of rotatable bonds is 9. The summed E-state index contributed by atoms with van der Waals surface area (Å²) in [7, 11) is 0. The van der Waals surface area contributed by atoms with Crippen LogP contribution in [0.15, 0.2) is 0 Å². The fraction of sp³-hybridized carbons (Fsp3) is 0.857. The summed E-state index contributed by atoms with van der Waals surface area (Å²) in [4.78, 5) is 23.0. The summed E-state index contributed by atoms with van der Waals surface area (Å²) >= 11 is 0. The van der Waals surface area contributed by atoms with Crippen molar-refractivity contribution in [2.75, 3.05) is 13.2 Å². The largest absolute Gasteiger partial charge is 0.460 e. The van der Waals surface area contributed by atoms with E-state index in [1.165, 1.54) is 0 Å². The molecule has 2 unspecified atom stereocenters. The number of carbonyl (C=O) groups excluding carboxylic acids is 2. The maximum atomic E-state index is 11.5. The van der Waals surface area contributed by atoms with Gasteiger partial charge < -0.3 is 18.9 Å². The second kappa shape index (κ2) is 9.72. The van der Waals surface area contributed by atoms with Crippen LogP contribution < -0.4 is 0 Å². The van der Waals surface area contributed by atoms with Gasteiger partial charge in [0, 0.05) is 0 Å². The molecule has 0 rings (SSSR count). The highest BCUT2D eigenvalue weighted by Gasteiger charge is 2.18. The number of hydrogen-bond acceptors (Lipinski definition) is 6. The molecule has 0 saturated heterocycles. The molecule has 0 aliphatic rings. The number of esters is 2. The predicted molar refractivity (Wildman–Crippen MR) is 73.3 cm³/mol. The van der Waals surface area contributed by atoms with Crippen LogP contribution in [0.2, 0.25) is 0 Å². The highest BCUT2D eigenvalue weighted by molar-refractivity contribution is 5.75. The molecular formula is C14H26O6. The first-order valence-electron chi connectivity index (χ1n) is 6.88. The van der Waals surface area contributed by atoms with E-state index < -0.39 is 24.1 Å². The molecule has 0 aliphatic carbocycles. The van der Waals surface area contributed by atoms with E-state index in [9.17, 15) is 9.59 Å². The van der Waals surface area contributed by atoms with Crippen molar-refractivity contribution >= 4 is 11.9 Å². The van der Waals surface area contributed by atoms with Gasteiger partial charge in [-0.05, 0) is 41.5 Å². The fourth-order valence-corrected chi connectivity index (χ4v) is 1.45. The molecule has 0 aromatic carbocycles. The molecule has 2 atom stereocenters. The molecule has 0 saturated carbocycles. The molecule has 0 fully saturated rings. The topological polar surface area (TPSA) is 71.1 Å². The smallest absolute Gasteiger partial charge is 0.335 e. The fourth-order valence-electron chi connectivity index (χ4n) is 1.45. The van der Waals surface area contributed by atoms with E-state index in [0.717, 1.165) is 0 Å². The summed E-state index contributed by atoms with van der Waals surface area (Å²) in [5.74, 6) is -0.942. The third-order valence-electron chi connectivity index (χ3n) is 2.19. The average molecular weight is 290 g/mol. The molecule has 0 spiro atoms. The molecule has 0 bridgehead atoms. The second-order valence-corrected chi connectivity index (χ2v) is 4.99. The van der Waals surface area contributed by atoms with E-state index in [0.29, 0.717) is 0 Å². The van der Waals surface area contributed by atoms with Gasteiger partial charge in [0.2, 0.25) is 0 Å². The van der Waals surface area contributed by atoms with E-state index in [-0.39, 0.29) is 25.4 Å². The standard InChI is InChI=1S/C14H26O6/c1-9(2)19-11(5)13(15)17-7-8-18-14(16)12(6)20-10(3)4/h9-12H,7-8H2,1-6H3. The van der Waals surface area contributed by atoms with Crippen LogP contribution in [0.4, 0.5) is 0 Å². The third-order valence-corrected chi connectivity index (χ3v) is 2.19. The van der Waals surface area contributed by atoms with Crippen molar-refractivity contribution in [3.63, 3.8) is 0 Å². The van der Waals surface area contributed by atoms with Crippen LogP contribution in [0.1, 0.15) is 41.5 Å². The monoisotopic (exact) mass is 290 g/mol. The van der Waals surface area contributed by atoms with Gasteiger partial charge >= 0.3 is 11.9 Å². The van der Waals surface area contributed by atoms with Crippen molar-refractivity contribution in [2.45, 2.75) is 66.0 Å². The summed E-state index contributed by atoms with van der Waals surface area (Å²) in [6.07, 6.45) is -1.36. The van der Waals surface area contributed by atoms with Crippen LogP contribution in [0.25, 0.3) is 0 Å². The number of carbonyl (C=O) groups is 2. The molecule has 0 N–H and O–H groups in total. The minimum absolute atomic E-state index is 0.00473. The first kappa shape index (κ1) is 18.9. The van der Waals surface area contributed by atoms with Crippen LogP contribution >= 0.6 is 0 Å². The summed E-state index contributed by atoms with van der Waals surface area (Å²) in [6.45, 7) is 10.6. The van der Waals surface area contributed by atoms with E-state index in [1.54, 1.807) is 13.8 Å². The lowest BCUT2D eigenvalue weighted by Crippen LogP contribution is -2.29. The first-order valence-corrected chi connectivity index (χ1v) is 6.88. The van der Waals surface area contributed by atoms with Gasteiger partial charge in [-0.1, -0.05) is 0 Å². The maximum absolute atomic E-state index is 11.5. The van der Waals surface area contributed by atoms with Crippen molar-refractivity contribution in [3.05, 3.63) is 0 Å². The Bertz CT molecular complexity index is 270. The van der Waals surface area contributed by atoms with Crippen molar-refractivity contribution in [1.82, 2.24) is 0 Å². The average Bonchev–Trinajstić information content (AvgIpc) is 2.32. The van der Waals surface area contributed by atoms with Crippen LogP contribution in [0.5, 0.6) is 0 Å². The van der Waals surface area contributed by atoms with E-state index in [1.807, 2.05) is 27.7 Å². The lowest BCUT2D eigenvalue weighted by molar-refractivity contribution is -0.167. The zero-order valence-corrected chi connectivity index (χ0v) is 13.2. The number of ether oxygens (including phenoxy) is 4. The first-order chi connectivity index (χ1) is 9.23. The van der Waals surface area contributed by atoms with Crippen LogP contribution in [0.3, 0.4) is 0 Å². The Morgan fingerprint density at radius 2 is 1.00 bits per heavy atom. The van der Waals surface area contributed by atoms with Crippen LogP contribution in [-0.2, 0) is 28.5 Å². The maximum Gasteiger partial charge on any atom is 0.335 e. The van der Waals surface area contributed by atoms with Crippen molar-refractivity contribution in [2.24, 2.45) is 0 Å². The Morgan fingerprint density at radius 3 is 1.25 bits per heavy atom. The van der Waals surface area contributed by atoms with Gasteiger partial charge in [0.1, 0.15) is 13.2 Å². The summed E-state index contributed by atoms with van der Waals surface area (Å²) in [5, 5.41) is 0. The summed E-state index contributed by atoms with van der Waals surface area (Å²) in [5.41, 5.74) is 0. The normalized spacial score (nSPS) is 14.2. The molecular weight excluding hydrogens is 264 g/mol. The molecule has 0 radical (unpaired) electrons. The van der Waals surface area contributed by atoms with Gasteiger partial charge in [-0.2, -0.15) is 0 Å². The molecule has 0 amide bonds. The molecule has 0 aromatic rings. The molecule has 0 aliphatic heterocycles. The highest BCUT2D eigenvalue weighted by atomic mass is 16.6. The molecule has 0 heterocycles. The van der Waals surface area contributed by atoms with Gasteiger partial charge in [0.05, 0.1) is 12.2 Å². The van der Waals surface area contributed by atoms with Gasteiger partial charge in [-0.3, -0.25) is 0 Å². The summed E-state index contributed by atoms with van der Waals surface area (Å²) in [6, 6.07) is 0. The predicted octanol–water partition coefficient (Wildman–Crippen LogP) is 1.70. The van der Waals surface area contributed by atoms with Crippen molar-refractivity contribution in [3.8, 4) is 0 Å². The quantitative estimate of drug-likeness (QED) is 0.475. The molecule has 0 aromatic heterocycles. The zero-order chi connectivity index (χ0) is 15.7. The van der Waals surface area contributed by atoms with Gasteiger partial charge in [0.15, 0.2) is 12.2 Å². The van der Waals surface area contributed by atoms with E-state index in [4.69, 9.17) is 18.9 Å². The van der Waals surface area contributed by atoms with E-state index in [2.05, 4.69) is 0 Å². The Morgan fingerprint density at radius 1 is 0.700 bits per heavy atom. The van der Waals surface area contributed by atoms with Crippen molar-refractivity contribution in [1.29, 1.82) is 0 Å². The lowest BCUT2D eigenvalue weighted by Gasteiger charge is -2.16. The molecule has 6 nitrogen and oxygen atoms in total. The second-order valence-electron chi connectivity index (χ2n) is 4.99. The van der Waals surface area contributed by atoms with Gasteiger partial charge in [-0.25, -0.2) is 9.59 Å². The SMILES string of the molecule is CC(C)OC(C)C(=O)OCCOC(=O)C(C)OC(C)C.